The molecule has 0 aliphatic carbocycles. The third-order valence-corrected chi connectivity index (χ3v) is 4.02. The largest absolute Gasteiger partial charge is 0.426 e. The minimum atomic E-state index is -0.754. The van der Waals surface area contributed by atoms with Crippen molar-refractivity contribution in [1.29, 1.82) is 0 Å². The standard InChI is InChI=1S/C22H17F2NO3/c1-14(26)28-21-10-7-16(18-9-8-17(23)12-20(18)24)11-19(21)22(27)25-13-15-5-3-2-4-6-15/h2-12H,13H2,1H3,(H,25,27). The second-order valence-electron chi connectivity index (χ2n) is 6.10. The third-order valence-electron chi connectivity index (χ3n) is 4.02. The second-order valence-corrected chi connectivity index (χ2v) is 6.10. The van der Waals surface area contributed by atoms with Crippen LogP contribution in [0.2, 0.25) is 0 Å². The maximum Gasteiger partial charge on any atom is 0.308 e. The van der Waals surface area contributed by atoms with Gasteiger partial charge in [0.2, 0.25) is 0 Å². The normalized spacial score (nSPS) is 10.4. The Morgan fingerprint density at radius 2 is 1.71 bits per heavy atom. The number of esters is 1. The van der Waals surface area contributed by atoms with Gasteiger partial charge in [0.05, 0.1) is 5.56 Å². The molecular weight excluding hydrogens is 364 g/mol. The number of carbonyl (C=O) groups is 2. The lowest BCUT2D eigenvalue weighted by Crippen LogP contribution is -2.24. The van der Waals surface area contributed by atoms with Crippen LogP contribution in [0.15, 0.2) is 66.7 Å². The fraction of sp³-hybridized carbons (Fsp3) is 0.0909. The fourth-order valence-corrected chi connectivity index (χ4v) is 2.72. The Morgan fingerprint density at radius 3 is 2.39 bits per heavy atom. The van der Waals surface area contributed by atoms with Gasteiger partial charge in [-0.1, -0.05) is 36.4 Å². The Morgan fingerprint density at radius 1 is 0.964 bits per heavy atom. The fourth-order valence-electron chi connectivity index (χ4n) is 2.72. The molecule has 0 aliphatic rings. The van der Waals surface area contributed by atoms with E-state index >= 15 is 0 Å². The summed E-state index contributed by atoms with van der Waals surface area (Å²) in [6, 6.07) is 16.8. The number of hydrogen-bond acceptors (Lipinski definition) is 3. The van der Waals surface area contributed by atoms with Gasteiger partial charge >= 0.3 is 5.97 Å². The molecule has 0 aromatic heterocycles. The molecule has 28 heavy (non-hydrogen) atoms. The minimum Gasteiger partial charge on any atom is -0.426 e. The van der Waals surface area contributed by atoms with E-state index in [4.69, 9.17) is 4.74 Å². The number of ether oxygens (including phenoxy) is 1. The van der Waals surface area contributed by atoms with Crippen LogP contribution in [-0.4, -0.2) is 11.9 Å². The van der Waals surface area contributed by atoms with E-state index in [0.717, 1.165) is 17.7 Å². The highest BCUT2D eigenvalue weighted by molar-refractivity contribution is 5.99. The summed E-state index contributed by atoms with van der Waals surface area (Å²) in [5, 5.41) is 2.75. The van der Waals surface area contributed by atoms with Gasteiger partial charge in [-0.2, -0.15) is 0 Å². The predicted octanol–water partition coefficient (Wildman–Crippen LogP) is 4.49. The van der Waals surface area contributed by atoms with Crippen LogP contribution in [0, 0.1) is 11.6 Å². The molecule has 0 spiro atoms. The first-order valence-corrected chi connectivity index (χ1v) is 8.54. The van der Waals surface area contributed by atoms with Crippen molar-refractivity contribution in [1.82, 2.24) is 5.32 Å². The van der Waals surface area contributed by atoms with Crippen LogP contribution in [0.25, 0.3) is 11.1 Å². The average Bonchev–Trinajstić information content (AvgIpc) is 2.67. The van der Waals surface area contributed by atoms with Crippen LogP contribution in [0.5, 0.6) is 5.75 Å². The molecule has 6 heteroatoms. The molecular formula is C22H17F2NO3. The summed E-state index contributed by atoms with van der Waals surface area (Å²) in [5.74, 6) is -2.46. The van der Waals surface area contributed by atoms with E-state index in [1.807, 2.05) is 30.3 Å². The predicted molar refractivity (Wildman–Crippen MR) is 101 cm³/mol. The Balaban J connectivity index is 1.93. The zero-order chi connectivity index (χ0) is 20.1. The van der Waals surface area contributed by atoms with Gasteiger partial charge in [-0.05, 0) is 35.4 Å². The number of hydrogen-bond donors (Lipinski definition) is 1. The molecule has 0 bridgehead atoms. The van der Waals surface area contributed by atoms with Crippen molar-refractivity contribution in [2.24, 2.45) is 0 Å². The van der Waals surface area contributed by atoms with Crippen molar-refractivity contribution in [2.45, 2.75) is 13.5 Å². The molecule has 0 radical (unpaired) electrons. The van der Waals surface area contributed by atoms with Gasteiger partial charge in [0.15, 0.2) is 0 Å². The van der Waals surface area contributed by atoms with Gasteiger partial charge in [-0.15, -0.1) is 0 Å². The monoisotopic (exact) mass is 381 g/mol. The van der Waals surface area contributed by atoms with E-state index in [-0.39, 0.29) is 23.4 Å². The molecule has 0 atom stereocenters. The third kappa shape index (κ3) is 4.59. The van der Waals surface area contributed by atoms with E-state index < -0.39 is 23.5 Å². The number of amides is 1. The highest BCUT2D eigenvalue weighted by Gasteiger charge is 2.17. The number of benzene rings is 3. The van der Waals surface area contributed by atoms with Crippen LogP contribution >= 0.6 is 0 Å². The molecule has 1 N–H and O–H groups in total. The number of carbonyl (C=O) groups excluding carboxylic acids is 2. The lowest BCUT2D eigenvalue weighted by Gasteiger charge is -2.12. The lowest BCUT2D eigenvalue weighted by atomic mass is 10.0. The van der Waals surface area contributed by atoms with E-state index in [2.05, 4.69) is 5.32 Å². The molecule has 0 saturated heterocycles. The van der Waals surface area contributed by atoms with Crippen molar-refractivity contribution < 1.29 is 23.1 Å². The second kappa shape index (κ2) is 8.43. The summed E-state index contributed by atoms with van der Waals surface area (Å²) in [6.45, 7) is 1.49. The van der Waals surface area contributed by atoms with Crippen LogP contribution in [0.3, 0.4) is 0 Å². The summed E-state index contributed by atoms with van der Waals surface area (Å²) < 4.78 is 32.4. The number of nitrogens with one attached hydrogen (secondary N) is 1. The average molecular weight is 381 g/mol. The molecule has 3 aromatic rings. The smallest absolute Gasteiger partial charge is 0.308 e. The van der Waals surface area contributed by atoms with Gasteiger partial charge in [-0.25, -0.2) is 8.78 Å². The quantitative estimate of drug-likeness (QED) is 0.523. The molecule has 0 saturated carbocycles. The first kappa shape index (κ1) is 19.2. The molecule has 3 aromatic carbocycles. The summed E-state index contributed by atoms with van der Waals surface area (Å²) in [7, 11) is 0. The number of halogens is 2. The van der Waals surface area contributed by atoms with Crippen molar-refractivity contribution in [3.8, 4) is 16.9 Å². The highest BCUT2D eigenvalue weighted by atomic mass is 19.1. The van der Waals surface area contributed by atoms with E-state index in [9.17, 15) is 18.4 Å². The zero-order valence-electron chi connectivity index (χ0n) is 15.0. The molecule has 3 rings (SSSR count). The number of rotatable bonds is 5. The first-order valence-electron chi connectivity index (χ1n) is 8.54. The van der Waals surface area contributed by atoms with Crippen LogP contribution in [-0.2, 0) is 11.3 Å². The van der Waals surface area contributed by atoms with Gasteiger partial charge < -0.3 is 10.1 Å². The molecule has 142 valence electrons. The molecule has 0 fully saturated rings. The van der Waals surface area contributed by atoms with E-state index in [1.165, 1.54) is 31.2 Å². The summed E-state index contributed by atoms with van der Waals surface area (Å²) in [4.78, 5) is 24.0. The molecule has 0 heterocycles. The van der Waals surface area contributed by atoms with Gasteiger partial charge in [0, 0.05) is 25.1 Å². The van der Waals surface area contributed by atoms with Crippen molar-refractivity contribution >= 4 is 11.9 Å². The summed E-state index contributed by atoms with van der Waals surface area (Å²) in [5.41, 5.74) is 1.46. The molecule has 0 aliphatic heterocycles. The lowest BCUT2D eigenvalue weighted by molar-refractivity contribution is -0.131. The highest BCUT2D eigenvalue weighted by Crippen LogP contribution is 2.29. The molecule has 0 unspecified atom stereocenters. The van der Waals surface area contributed by atoms with Gasteiger partial charge in [0.25, 0.3) is 5.91 Å². The zero-order valence-corrected chi connectivity index (χ0v) is 15.0. The van der Waals surface area contributed by atoms with E-state index in [0.29, 0.717) is 5.56 Å². The van der Waals surface area contributed by atoms with Crippen molar-refractivity contribution in [2.75, 3.05) is 0 Å². The Labute approximate surface area is 160 Å². The minimum absolute atomic E-state index is 0.0596. The Kier molecular flexibility index (Phi) is 5.79. The summed E-state index contributed by atoms with van der Waals surface area (Å²) in [6.07, 6.45) is 0. The van der Waals surface area contributed by atoms with Crippen molar-refractivity contribution in [3.05, 3.63) is 89.5 Å². The molecule has 4 nitrogen and oxygen atoms in total. The maximum atomic E-state index is 14.1. The van der Waals surface area contributed by atoms with Gasteiger partial charge in [0.1, 0.15) is 17.4 Å². The summed E-state index contributed by atoms with van der Waals surface area (Å²) >= 11 is 0. The Bertz CT molecular complexity index is 1020. The maximum absolute atomic E-state index is 14.1. The van der Waals surface area contributed by atoms with Gasteiger partial charge in [-0.3, -0.25) is 9.59 Å². The van der Waals surface area contributed by atoms with Crippen LogP contribution in [0.4, 0.5) is 8.78 Å². The van der Waals surface area contributed by atoms with Crippen molar-refractivity contribution in [3.63, 3.8) is 0 Å². The molecule has 1 amide bonds. The first-order chi connectivity index (χ1) is 13.4. The van der Waals surface area contributed by atoms with E-state index in [1.54, 1.807) is 0 Å². The topological polar surface area (TPSA) is 55.4 Å². The Hall–Kier alpha value is -3.54. The van der Waals surface area contributed by atoms with Crippen LogP contribution < -0.4 is 10.1 Å². The SMILES string of the molecule is CC(=O)Oc1ccc(-c2ccc(F)cc2F)cc1C(=O)NCc1ccccc1. The van der Waals surface area contributed by atoms with Crippen LogP contribution in [0.1, 0.15) is 22.8 Å².